The normalized spacial score (nSPS) is 20.1. The highest BCUT2D eigenvalue weighted by Gasteiger charge is 2.31. The van der Waals surface area contributed by atoms with Crippen LogP contribution in [0.25, 0.3) is 17.1 Å². The first-order chi connectivity index (χ1) is 15.5. The number of nitrogens with zero attached hydrogens (tertiary/aromatic N) is 6. The van der Waals surface area contributed by atoms with Crippen LogP contribution in [0.15, 0.2) is 52.8 Å². The van der Waals surface area contributed by atoms with Crippen LogP contribution >= 0.6 is 0 Å². The fourth-order valence-corrected chi connectivity index (χ4v) is 4.00. The number of nitro groups is 1. The number of aromatic nitrogens is 5. The minimum absolute atomic E-state index is 0.0359. The first-order valence-electron chi connectivity index (χ1n) is 9.73. The summed E-state index contributed by atoms with van der Waals surface area (Å²) in [5.74, 6) is 0.392. The predicted octanol–water partition coefficient (Wildman–Crippen LogP) is 1.52. The molecular formula is C19H17N9O4. The van der Waals surface area contributed by atoms with Gasteiger partial charge in [-0.3, -0.25) is 20.3 Å². The van der Waals surface area contributed by atoms with Crippen molar-refractivity contribution < 1.29 is 14.3 Å². The molecule has 2 aromatic heterocycles. The van der Waals surface area contributed by atoms with E-state index in [-0.39, 0.29) is 28.7 Å². The Balaban J connectivity index is 1.45. The van der Waals surface area contributed by atoms with Gasteiger partial charge in [-0.25, -0.2) is 4.63 Å². The van der Waals surface area contributed by atoms with Crippen LogP contribution in [0.4, 0.5) is 11.5 Å². The molecule has 1 amide bonds. The van der Waals surface area contributed by atoms with E-state index in [1.54, 1.807) is 6.20 Å². The first kappa shape index (κ1) is 19.4. The second-order valence-electron chi connectivity index (χ2n) is 7.48. The average Bonchev–Trinajstić information content (AvgIpc) is 3.57. The van der Waals surface area contributed by atoms with Gasteiger partial charge in [-0.2, -0.15) is 4.68 Å². The Morgan fingerprint density at radius 1 is 1.28 bits per heavy atom. The number of nitrogen functional groups attached to an aromatic ring is 1. The van der Waals surface area contributed by atoms with Crippen molar-refractivity contribution in [3.8, 4) is 17.1 Å². The molecule has 162 valence electrons. The lowest BCUT2D eigenvalue weighted by molar-refractivity contribution is -0.384. The van der Waals surface area contributed by atoms with Crippen molar-refractivity contribution in [2.24, 2.45) is 11.8 Å². The highest BCUT2D eigenvalue weighted by atomic mass is 16.6. The molecule has 2 aliphatic carbocycles. The Kier molecular flexibility index (Phi) is 4.62. The van der Waals surface area contributed by atoms with Crippen LogP contribution < -0.4 is 16.6 Å². The number of anilines is 1. The number of amides is 1. The zero-order valence-corrected chi connectivity index (χ0v) is 16.5. The van der Waals surface area contributed by atoms with E-state index in [1.165, 1.54) is 34.5 Å². The maximum Gasteiger partial charge on any atom is 0.292 e. The van der Waals surface area contributed by atoms with Gasteiger partial charge < -0.3 is 11.2 Å². The smallest absolute Gasteiger partial charge is 0.292 e. The molecule has 2 aliphatic rings. The van der Waals surface area contributed by atoms with Crippen molar-refractivity contribution in [2.75, 3.05) is 5.73 Å². The summed E-state index contributed by atoms with van der Waals surface area (Å²) in [6, 6.07) is 5.57. The molecule has 2 heterocycles. The van der Waals surface area contributed by atoms with Crippen molar-refractivity contribution in [3.05, 3.63) is 64.0 Å². The first-order valence-corrected chi connectivity index (χ1v) is 9.73. The molecule has 5 rings (SSSR count). The maximum absolute atomic E-state index is 12.9. The van der Waals surface area contributed by atoms with Crippen molar-refractivity contribution in [3.63, 3.8) is 0 Å². The maximum atomic E-state index is 12.9. The number of nitrogens with one attached hydrogen (secondary N) is 2. The van der Waals surface area contributed by atoms with Crippen LogP contribution in [-0.2, 0) is 0 Å². The van der Waals surface area contributed by atoms with Gasteiger partial charge in [-0.1, -0.05) is 17.4 Å². The van der Waals surface area contributed by atoms with Crippen molar-refractivity contribution in [1.29, 1.82) is 0 Å². The molecular weight excluding hydrogens is 418 g/mol. The topological polar surface area (TPSA) is 180 Å². The number of hydrogen-bond donors (Lipinski definition) is 3. The van der Waals surface area contributed by atoms with Crippen molar-refractivity contribution >= 4 is 17.4 Å². The molecule has 0 unspecified atom stereocenters. The fourth-order valence-electron chi connectivity index (χ4n) is 4.00. The molecule has 13 nitrogen and oxygen atoms in total. The standard InChI is InChI=1S/C19H17N9O4/c20-17-18(25-32-24-17)27-16(11-3-5-14(6-4-11)28(30)31)15(22-26-27)19(29)23-21-9-13-8-10-1-2-12(13)7-10/h1-6,9-10,12,21H,7-8H2,(H2,20,24)(H,23,29)/b13-9+/t10-,12+/m1/s1. The van der Waals surface area contributed by atoms with Crippen LogP contribution in [-0.4, -0.2) is 36.1 Å². The van der Waals surface area contributed by atoms with Gasteiger partial charge in [0.2, 0.25) is 11.6 Å². The van der Waals surface area contributed by atoms with E-state index >= 15 is 0 Å². The second kappa shape index (κ2) is 7.61. The van der Waals surface area contributed by atoms with Crippen molar-refractivity contribution in [1.82, 2.24) is 36.2 Å². The Bertz CT molecular complexity index is 1260. The van der Waals surface area contributed by atoms with E-state index in [1.807, 2.05) is 0 Å². The lowest BCUT2D eigenvalue weighted by Crippen LogP contribution is -2.34. The number of nitro benzene ring substituents is 1. The summed E-state index contributed by atoms with van der Waals surface area (Å²) in [7, 11) is 0. The number of allylic oxidation sites excluding steroid dienone is 3. The van der Waals surface area contributed by atoms with Crippen molar-refractivity contribution in [2.45, 2.75) is 12.8 Å². The van der Waals surface area contributed by atoms with Gasteiger partial charge in [0.15, 0.2) is 5.69 Å². The molecule has 1 aromatic carbocycles. The van der Waals surface area contributed by atoms with Gasteiger partial charge in [0.05, 0.1) is 4.92 Å². The second-order valence-corrected chi connectivity index (χ2v) is 7.48. The molecule has 32 heavy (non-hydrogen) atoms. The average molecular weight is 435 g/mol. The summed E-state index contributed by atoms with van der Waals surface area (Å²) in [4.78, 5) is 23.4. The molecule has 2 atom stereocenters. The third-order valence-corrected chi connectivity index (χ3v) is 5.52. The minimum Gasteiger partial charge on any atom is -0.378 e. The molecule has 2 bridgehead atoms. The molecule has 0 spiro atoms. The number of rotatable bonds is 6. The van der Waals surface area contributed by atoms with Gasteiger partial charge in [0.1, 0.15) is 5.69 Å². The summed E-state index contributed by atoms with van der Waals surface area (Å²) < 4.78 is 5.82. The SMILES string of the molecule is Nc1nonc1-n1nnc(C(=O)NN/C=C2\C[C@@H]3C=C[C@H]2C3)c1-c1ccc([N+](=O)[O-])cc1. The molecule has 0 saturated heterocycles. The van der Waals surface area contributed by atoms with Crippen LogP contribution in [0.1, 0.15) is 23.3 Å². The fraction of sp³-hybridized carbons (Fsp3) is 0.211. The number of benzene rings is 1. The van der Waals surface area contributed by atoms with E-state index in [0.29, 0.717) is 17.4 Å². The van der Waals surface area contributed by atoms with E-state index in [0.717, 1.165) is 12.8 Å². The third kappa shape index (κ3) is 3.34. The van der Waals surface area contributed by atoms with E-state index in [2.05, 4.69) is 48.3 Å². The summed E-state index contributed by atoms with van der Waals surface area (Å²) in [6.45, 7) is 0. The molecule has 0 aliphatic heterocycles. The highest BCUT2D eigenvalue weighted by molar-refractivity contribution is 5.98. The Morgan fingerprint density at radius 2 is 2.09 bits per heavy atom. The Morgan fingerprint density at radius 3 is 2.72 bits per heavy atom. The van der Waals surface area contributed by atoms with Crippen LogP contribution in [0.3, 0.4) is 0 Å². The quantitative estimate of drug-likeness (QED) is 0.292. The van der Waals surface area contributed by atoms with Crippen LogP contribution in [0, 0.1) is 22.0 Å². The summed E-state index contributed by atoms with van der Waals surface area (Å²) in [5, 5.41) is 26.2. The Hall–Kier alpha value is -4.55. The van der Waals surface area contributed by atoms with E-state index in [9.17, 15) is 14.9 Å². The van der Waals surface area contributed by atoms with Gasteiger partial charge >= 0.3 is 0 Å². The number of carbonyl (C=O) groups excluding carboxylic acids is 1. The molecule has 3 aromatic rings. The summed E-state index contributed by atoms with van der Waals surface area (Å²) in [6.07, 6.45) is 8.26. The lowest BCUT2D eigenvalue weighted by Gasteiger charge is -2.10. The Labute approximate surface area is 180 Å². The number of nitrogens with two attached hydrogens (primary N) is 1. The van der Waals surface area contributed by atoms with Crippen LogP contribution in [0.5, 0.6) is 0 Å². The number of hydrogen-bond acceptors (Lipinski definition) is 10. The third-order valence-electron chi connectivity index (χ3n) is 5.52. The highest BCUT2D eigenvalue weighted by Crippen LogP contribution is 2.42. The van der Waals surface area contributed by atoms with Gasteiger partial charge in [-0.15, -0.1) is 5.10 Å². The minimum atomic E-state index is -0.560. The van der Waals surface area contributed by atoms with E-state index in [4.69, 9.17) is 5.73 Å². The van der Waals surface area contributed by atoms with E-state index < -0.39 is 10.8 Å². The molecule has 0 radical (unpaired) electrons. The number of hydrazine groups is 1. The number of non-ortho nitro benzene ring substituents is 1. The summed E-state index contributed by atoms with van der Waals surface area (Å²) in [5.41, 5.74) is 12.9. The summed E-state index contributed by atoms with van der Waals surface area (Å²) >= 11 is 0. The lowest BCUT2D eigenvalue weighted by atomic mass is 10.0. The van der Waals surface area contributed by atoms with Crippen LogP contribution in [0.2, 0.25) is 0 Å². The predicted molar refractivity (Wildman–Crippen MR) is 110 cm³/mol. The number of fused-ring (bicyclic) bond motifs is 2. The molecule has 1 fully saturated rings. The van der Waals surface area contributed by atoms with Gasteiger partial charge in [0.25, 0.3) is 11.6 Å². The molecule has 4 N–H and O–H groups in total. The largest absolute Gasteiger partial charge is 0.378 e. The monoisotopic (exact) mass is 435 g/mol. The molecule has 13 heteroatoms. The zero-order chi connectivity index (χ0) is 22.2. The molecule has 1 saturated carbocycles. The van der Waals surface area contributed by atoms with Gasteiger partial charge in [0, 0.05) is 29.8 Å². The zero-order valence-electron chi connectivity index (χ0n) is 16.5. The van der Waals surface area contributed by atoms with Gasteiger partial charge in [-0.05, 0) is 46.8 Å². The number of carbonyl (C=O) groups is 1.